The molecule has 1 fully saturated rings. The SMILES string of the molecule is COc1ccc(NC(=O)[C@@H]2CCCN(c3nccn4nc5c(c34)CCCC5)C2)c(OC)c1. The van der Waals surface area contributed by atoms with Crippen molar-refractivity contribution < 1.29 is 14.3 Å². The molecule has 1 aliphatic heterocycles. The number of hydrogen-bond donors (Lipinski definition) is 1. The first-order valence-electron chi connectivity index (χ1n) is 11.3. The molecule has 1 N–H and O–H groups in total. The minimum atomic E-state index is -0.128. The third-order valence-corrected chi connectivity index (χ3v) is 6.56. The Bertz CT molecular complexity index is 1140. The Balaban J connectivity index is 1.37. The number of anilines is 2. The third-order valence-electron chi connectivity index (χ3n) is 6.56. The number of nitrogens with zero attached hydrogens (tertiary/aromatic N) is 4. The Labute approximate surface area is 187 Å². The Morgan fingerprint density at radius 2 is 2.03 bits per heavy atom. The Hall–Kier alpha value is -3.29. The molecule has 5 rings (SSSR count). The first kappa shape index (κ1) is 20.6. The lowest BCUT2D eigenvalue weighted by Crippen LogP contribution is -2.41. The number of fused-ring (bicyclic) bond motifs is 3. The molecule has 3 aromatic rings. The quantitative estimate of drug-likeness (QED) is 0.661. The number of aromatic nitrogens is 3. The number of methoxy groups -OCH3 is 2. The van der Waals surface area contributed by atoms with Crippen LogP contribution in [0, 0.1) is 5.92 Å². The number of rotatable bonds is 5. The highest BCUT2D eigenvalue weighted by molar-refractivity contribution is 5.94. The summed E-state index contributed by atoms with van der Waals surface area (Å²) in [5.41, 5.74) is 4.29. The van der Waals surface area contributed by atoms with E-state index in [-0.39, 0.29) is 11.8 Å². The molecule has 3 heterocycles. The molecule has 0 unspecified atom stereocenters. The van der Waals surface area contributed by atoms with Crippen LogP contribution >= 0.6 is 0 Å². The first-order valence-corrected chi connectivity index (χ1v) is 11.3. The molecule has 1 saturated heterocycles. The van der Waals surface area contributed by atoms with Crippen molar-refractivity contribution in [2.45, 2.75) is 38.5 Å². The molecule has 0 bridgehead atoms. The molecule has 1 atom stereocenters. The van der Waals surface area contributed by atoms with E-state index in [0.29, 0.717) is 23.7 Å². The van der Waals surface area contributed by atoms with E-state index >= 15 is 0 Å². The van der Waals surface area contributed by atoms with E-state index in [4.69, 9.17) is 19.6 Å². The van der Waals surface area contributed by atoms with Gasteiger partial charge in [0.25, 0.3) is 0 Å². The summed E-state index contributed by atoms with van der Waals surface area (Å²) < 4.78 is 12.7. The molecule has 1 aromatic carbocycles. The molecule has 1 amide bonds. The molecule has 2 aromatic heterocycles. The molecule has 0 spiro atoms. The van der Waals surface area contributed by atoms with Gasteiger partial charge >= 0.3 is 0 Å². The molecule has 8 heteroatoms. The van der Waals surface area contributed by atoms with Crippen LogP contribution < -0.4 is 19.7 Å². The molecular weight excluding hydrogens is 406 g/mol. The summed E-state index contributed by atoms with van der Waals surface area (Å²) in [5, 5.41) is 7.85. The second kappa shape index (κ2) is 8.68. The maximum absolute atomic E-state index is 13.2. The fraction of sp³-hybridized carbons (Fsp3) is 0.458. The summed E-state index contributed by atoms with van der Waals surface area (Å²) in [4.78, 5) is 20.1. The average Bonchev–Trinajstić information content (AvgIpc) is 3.23. The van der Waals surface area contributed by atoms with Crippen molar-refractivity contribution in [2.75, 3.05) is 37.5 Å². The second-order valence-electron chi connectivity index (χ2n) is 8.52. The fourth-order valence-corrected chi connectivity index (χ4v) is 4.90. The highest BCUT2D eigenvalue weighted by atomic mass is 16.5. The number of carbonyl (C=O) groups excluding carboxylic acids is 1. The van der Waals surface area contributed by atoms with Crippen LogP contribution in [0.1, 0.15) is 36.9 Å². The maximum atomic E-state index is 13.2. The van der Waals surface area contributed by atoms with Crippen molar-refractivity contribution in [2.24, 2.45) is 5.92 Å². The Morgan fingerprint density at radius 1 is 1.16 bits per heavy atom. The topological polar surface area (TPSA) is 81.0 Å². The number of carbonyl (C=O) groups is 1. The lowest BCUT2D eigenvalue weighted by atomic mass is 9.95. The van der Waals surface area contributed by atoms with Crippen LogP contribution in [0.4, 0.5) is 11.5 Å². The number of aryl methyl sites for hydroxylation is 2. The molecule has 168 valence electrons. The molecular formula is C24H29N5O3. The van der Waals surface area contributed by atoms with Gasteiger partial charge in [-0.2, -0.15) is 5.10 Å². The van der Waals surface area contributed by atoms with Crippen molar-refractivity contribution in [1.29, 1.82) is 0 Å². The maximum Gasteiger partial charge on any atom is 0.229 e. The average molecular weight is 436 g/mol. The second-order valence-corrected chi connectivity index (χ2v) is 8.52. The highest BCUT2D eigenvalue weighted by Crippen LogP contribution is 2.33. The summed E-state index contributed by atoms with van der Waals surface area (Å²) in [6, 6.07) is 5.41. The Morgan fingerprint density at radius 3 is 2.88 bits per heavy atom. The van der Waals surface area contributed by atoms with Gasteiger partial charge in [-0.15, -0.1) is 0 Å². The molecule has 0 radical (unpaired) electrons. The lowest BCUT2D eigenvalue weighted by Gasteiger charge is -2.33. The summed E-state index contributed by atoms with van der Waals surface area (Å²) >= 11 is 0. The Kier molecular flexibility index (Phi) is 5.59. The van der Waals surface area contributed by atoms with Gasteiger partial charge in [-0.1, -0.05) is 0 Å². The first-order chi connectivity index (χ1) is 15.7. The third kappa shape index (κ3) is 3.74. The van der Waals surface area contributed by atoms with Gasteiger partial charge in [-0.25, -0.2) is 9.50 Å². The fourth-order valence-electron chi connectivity index (χ4n) is 4.90. The van der Waals surface area contributed by atoms with Gasteiger partial charge in [0.15, 0.2) is 5.82 Å². The van der Waals surface area contributed by atoms with Crippen LogP contribution in [0.15, 0.2) is 30.6 Å². The highest BCUT2D eigenvalue weighted by Gasteiger charge is 2.30. The number of amides is 1. The standard InChI is InChI=1S/C24H29N5O3/c1-31-17-9-10-20(21(14-17)32-2)26-24(30)16-6-5-12-28(15-16)23-22-18-7-3-4-8-19(18)27-29(22)13-11-25-23/h9-11,13-14,16H,3-8,12,15H2,1-2H3,(H,26,30)/t16-/m1/s1. The van der Waals surface area contributed by atoms with E-state index in [9.17, 15) is 4.79 Å². The van der Waals surface area contributed by atoms with Crippen LogP contribution in [0.3, 0.4) is 0 Å². The van der Waals surface area contributed by atoms with Gasteiger partial charge in [0.05, 0.1) is 31.5 Å². The smallest absolute Gasteiger partial charge is 0.229 e. The van der Waals surface area contributed by atoms with Crippen LogP contribution in [-0.2, 0) is 17.6 Å². The van der Waals surface area contributed by atoms with Gasteiger partial charge in [0.2, 0.25) is 5.91 Å². The van der Waals surface area contributed by atoms with Gasteiger partial charge < -0.3 is 19.7 Å². The zero-order chi connectivity index (χ0) is 22.1. The van der Waals surface area contributed by atoms with Crippen LogP contribution in [0.25, 0.3) is 5.52 Å². The molecule has 0 saturated carbocycles. The molecule has 32 heavy (non-hydrogen) atoms. The van der Waals surface area contributed by atoms with Gasteiger partial charge in [0, 0.05) is 37.1 Å². The minimum absolute atomic E-state index is 0.000606. The van der Waals surface area contributed by atoms with Crippen molar-refractivity contribution in [3.63, 3.8) is 0 Å². The van der Waals surface area contributed by atoms with Crippen molar-refractivity contribution in [1.82, 2.24) is 14.6 Å². The number of nitrogens with one attached hydrogen (secondary N) is 1. The lowest BCUT2D eigenvalue weighted by molar-refractivity contribution is -0.120. The van der Waals surface area contributed by atoms with Crippen molar-refractivity contribution in [3.05, 3.63) is 41.9 Å². The monoisotopic (exact) mass is 435 g/mol. The molecule has 1 aliphatic carbocycles. The van der Waals surface area contributed by atoms with E-state index < -0.39 is 0 Å². The number of ether oxygens (including phenoxy) is 2. The van der Waals surface area contributed by atoms with Gasteiger partial charge in [0.1, 0.15) is 17.0 Å². The van der Waals surface area contributed by atoms with Crippen LogP contribution in [0.2, 0.25) is 0 Å². The van der Waals surface area contributed by atoms with Gasteiger partial charge in [-0.05, 0) is 50.7 Å². The number of hydrogen-bond acceptors (Lipinski definition) is 6. The number of piperidine rings is 1. The predicted molar refractivity (Wildman–Crippen MR) is 123 cm³/mol. The van der Waals surface area contributed by atoms with Crippen LogP contribution in [0.5, 0.6) is 11.5 Å². The molecule has 8 nitrogen and oxygen atoms in total. The van der Waals surface area contributed by atoms with E-state index in [1.807, 2.05) is 29.0 Å². The largest absolute Gasteiger partial charge is 0.497 e. The minimum Gasteiger partial charge on any atom is -0.497 e. The summed E-state index contributed by atoms with van der Waals surface area (Å²) in [7, 11) is 3.20. The van der Waals surface area contributed by atoms with Crippen LogP contribution in [-0.4, -0.2) is 47.8 Å². The van der Waals surface area contributed by atoms with E-state index in [1.54, 1.807) is 20.3 Å². The van der Waals surface area contributed by atoms with E-state index in [0.717, 1.165) is 43.6 Å². The van der Waals surface area contributed by atoms with Gasteiger partial charge in [-0.3, -0.25) is 4.79 Å². The van der Waals surface area contributed by atoms with Crippen molar-refractivity contribution >= 4 is 22.9 Å². The zero-order valence-electron chi connectivity index (χ0n) is 18.6. The molecule has 2 aliphatic rings. The summed E-state index contributed by atoms with van der Waals surface area (Å²) in [6.07, 6.45) is 10.0. The van der Waals surface area contributed by atoms with E-state index in [2.05, 4.69) is 10.2 Å². The summed E-state index contributed by atoms with van der Waals surface area (Å²) in [5.74, 6) is 2.09. The zero-order valence-corrected chi connectivity index (χ0v) is 18.6. The van der Waals surface area contributed by atoms with E-state index in [1.165, 1.54) is 24.1 Å². The normalized spacial score (nSPS) is 18.3. The summed E-state index contributed by atoms with van der Waals surface area (Å²) in [6.45, 7) is 1.53. The van der Waals surface area contributed by atoms with Crippen molar-refractivity contribution in [3.8, 4) is 11.5 Å². The predicted octanol–water partition coefficient (Wildman–Crippen LogP) is 3.48. The number of benzene rings is 1.